The van der Waals surface area contributed by atoms with Crippen molar-refractivity contribution in [1.82, 2.24) is 0 Å². The number of unbranched alkanes of at least 4 members (excludes halogenated alkanes) is 1. The van der Waals surface area contributed by atoms with E-state index in [0.29, 0.717) is 16.6 Å². The smallest absolute Gasteiger partial charge is 0.133 e. The summed E-state index contributed by atoms with van der Waals surface area (Å²) in [6.07, 6.45) is 9.53. The molecule has 0 N–H and O–H groups in total. The lowest BCUT2D eigenvalue weighted by molar-refractivity contribution is -0.126. The first kappa shape index (κ1) is 21.5. The van der Waals surface area contributed by atoms with Gasteiger partial charge in [-0.25, -0.2) is 0 Å². The van der Waals surface area contributed by atoms with Gasteiger partial charge in [-0.15, -0.1) is 0 Å². The monoisotopic (exact) mass is 368 g/mol. The van der Waals surface area contributed by atoms with Gasteiger partial charge in [0.2, 0.25) is 0 Å². The minimum Gasteiger partial charge on any atom is -0.375 e. The van der Waals surface area contributed by atoms with Crippen LogP contribution in [0, 0.1) is 29.1 Å². The fraction of sp³-hybridized carbons (Fsp3) is 0.667. The summed E-state index contributed by atoms with van der Waals surface area (Å²) in [6.45, 7) is 9.73. The number of nitriles is 1. The van der Waals surface area contributed by atoms with Crippen LogP contribution in [0.5, 0.6) is 0 Å². The highest BCUT2D eigenvalue weighted by Gasteiger charge is 2.58. The van der Waals surface area contributed by atoms with Gasteiger partial charge in [0.1, 0.15) is 5.78 Å². The second kappa shape index (κ2) is 8.91. The Labute approximate surface area is 165 Å². The number of benzene rings is 1. The van der Waals surface area contributed by atoms with Crippen molar-refractivity contribution in [3.8, 4) is 6.07 Å². The van der Waals surface area contributed by atoms with E-state index in [2.05, 4.69) is 31.7 Å². The molecule has 0 radical (unpaired) electrons. The van der Waals surface area contributed by atoms with Crippen LogP contribution in [0.1, 0.15) is 83.3 Å². The molecular formula is C24H36N2O. The fourth-order valence-electron chi connectivity index (χ4n) is 4.64. The Morgan fingerprint density at radius 2 is 1.93 bits per heavy atom. The Bertz CT molecular complexity index is 699. The first-order chi connectivity index (χ1) is 12.8. The molecule has 1 aromatic rings. The third-order valence-corrected chi connectivity index (χ3v) is 6.90. The minimum absolute atomic E-state index is 0.359. The summed E-state index contributed by atoms with van der Waals surface area (Å²) in [6, 6.07) is 7.90. The number of carbonyl (C=O) groups is 1. The van der Waals surface area contributed by atoms with E-state index in [1.54, 1.807) is 0 Å². The molecule has 3 heteroatoms. The Morgan fingerprint density at radius 3 is 2.44 bits per heavy atom. The predicted molar refractivity (Wildman–Crippen MR) is 113 cm³/mol. The minimum atomic E-state index is 0.359. The highest BCUT2D eigenvalue weighted by molar-refractivity contribution is 5.80. The summed E-state index contributed by atoms with van der Waals surface area (Å²) in [5, 5.41) is 8.69. The van der Waals surface area contributed by atoms with Gasteiger partial charge in [-0.1, -0.05) is 26.7 Å². The number of ketones is 1. The Hall–Kier alpha value is -1.82. The van der Waals surface area contributed by atoms with Crippen molar-refractivity contribution < 1.29 is 4.79 Å². The molecule has 3 nitrogen and oxygen atoms in total. The normalized spacial score (nSPS) is 22.6. The van der Waals surface area contributed by atoms with Crippen molar-refractivity contribution in [2.24, 2.45) is 10.8 Å². The molecule has 2 fully saturated rings. The lowest BCUT2D eigenvalue weighted by atomic mass is 9.62. The molecule has 1 atom stereocenters. The van der Waals surface area contributed by atoms with E-state index in [9.17, 15) is 4.79 Å². The second-order valence-corrected chi connectivity index (χ2v) is 8.79. The summed E-state index contributed by atoms with van der Waals surface area (Å²) in [5.41, 5.74) is 4.03. The fourth-order valence-corrected chi connectivity index (χ4v) is 4.64. The van der Waals surface area contributed by atoms with E-state index in [-0.39, 0.29) is 0 Å². The number of aryl methyl sites for hydroxylation is 1. The molecule has 2 aliphatic rings. The van der Waals surface area contributed by atoms with Crippen LogP contribution < -0.4 is 4.90 Å². The lowest BCUT2D eigenvalue weighted by Crippen LogP contribution is -2.36. The third kappa shape index (κ3) is 4.92. The van der Waals surface area contributed by atoms with Crippen molar-refractivity contribution in [3.63, 3.8) is 0 Å². The molecule has 0 amide bonds. The second-order valence-electron chi connectivity index (χ2n) is 8.79. The molecule has 1 spiro atoms. The molecule has 2 saturated carbocycles. The first-order valence-electron chi connectivity index (χ1n) is 10.5. The van der Waals surface area contributed by atoms with Crippen molar-refractivity contribution in [2.45, 2.75) is 79.1 Å². The number of hydrogen-bond donors (Lipinski definition) is 0. The number of rotatable bonds is 5. The van der Waals surface area contributed by atoms with Gasteiger partial charge in [-0.3, -0.25) is 4.79 Å². The average molecular weight is 369 g/mol. The molecule has 27 heavy (non-hydrogen) atoms. The Kier molecular flexibility index (Phi) is 7.09. The topological polar surface area (TPSA) is 44.1 Å². The summed E-state index contributed by atoms with van der Waals surface area (Å²) < 4.78 is 0. The molecule has 0 aliphatic heterocycles. The zero-order valence-corrected chi connectivity index (χ0v) is 17.9. The average Bonchev–Trinajstić information content (AvgIpc) is 3.45. The van der Waals surface area contributed by atoms with E-state index in [0.717, 1.165) is 30.5 Å². The van der Waals surface area contributed by atoms with Gasteiger partial charge >= 0.3 is 0 Å². The number of carbonyl (C=O) groups excluding carboxylic acids is 1. The number of hydrogen-bond acceptors (Lipinski definition) is 3. The maximum atomic E-state index is 11.6. The molecule has 0 heterocycles. The van der Waals surface area contributed by atoms with Gasteiger partial charge in [0, 0.05) is 32.1 Å². The highest BCUT2D eigenvalue weighted by atomic mass is 16.1. The summed E-state index contributed by atoms with van der Waals surface area (Å²) in [4.78, 5) is 13.7. The number of Topliss-reactive ketones (excluding diaryl/α,β-unsaturated/α-hetero) is 1. The summed E-state index contributed by atoms with van der Waals surface area (Å²) in [7, 11) is 2.05. The van der Waals surface area contributed by atoms with E-state index < -0.39 is 0 Å². The first-order valence-corrected chi connectivity index (χ1v) is 10.5. The molecule has 3 rings (SSSR count). The van der Waals surface area contributed by atoms with Gasteiger partial charge in [-0.05, 0) is 74.1 Å². The van der Waals surface area contributed by atoms with Crippen molar-refractivity contribution >= 4 is 11.5 Å². The molecule has 2 aliphatic carbocycles. The molecule has 148 valence electrons. The SMILES string of the molecule is CCCCC1(C)CC(=O)CCC12CC2.CCN(C)c1ccc(C#N)cc1C. The molecule has 1 aromatic carbocycles. The maximum absolute atomic E-state index is 11.6. The van der Waals surface area contributed by atoms with E-state index in [1.165, 1.54) is 44.2 Å². The summed E-state index contributed by atoms with van der Waals surface area (Å²) in [5.74, 6) is 0.515. The van der Waals surface area contributed by atoms with Crippen LogP contribution in [0.4, 0.5) is 5.69 Å². The Morgan fingerprint density at radius 1 is 1.22 bits per heavy atom. The zero-order chi connectivity index (χ0) is 20.1. The van der Waals surface area contributed by atoms with Gasteiger partial charge in [0.05, 0.1) is 11.6 Å². The van der Waals surface area contributed by atoms with Gasteiger partial charge in [0.15, 0.2) is 0 Å². The standard InChI is InChI=1S/C13H22O.C11H14N2/c1-3-4-6-12(2)10-11(14)5-7-13(12)8-9-13;1-4-13(3)11-6-5-10(8-12)7-9(11)2/h3-10H2,1-2H3;5-7H,4H2,1-3H3. The van der Waals surface area contributed by atoms with E-state index in [4.69, 9.17) is 5.26 Å². The largest absolute Gasteiger partial charge is 0.375 e. The Balaban J connectivity index is 0.000000194. The van der Waals surface area contributed by atoms with Crippen LogP contribution in [0.3, 0.4) is 0 Å². The van der Waals surface area contributed by atoms with Gasteiger partial charge < -0.3 is 4.90 Å². The van der Waals surface area contributed by atoms with Crippen LogP contribution in [-0.2, 0) is 4.79 Å². The number of anilines is 1. The van der Waals surface area contributed by atoms with Crippen LogP contribution in [0.25, 0.3) is 0 Å². The summed E-state index contributed by atoms with van der Waals surface area (Å²) >= 11 is 0. The number of nitrogens with zero attached hydrogens (tertiary/aromatic N) is 2. The van der Waals surface area contributed by atoms with Gasteiger partial charge in [0.25, 0.3) is 0 Å². The zero-order valence-electron chi connectivity index (χ0n) is 17.9. The van der Waals surface area contributed by atoms with Gasteiger partial charge in [-0.2, -0.15) is 5.26 Å². The third-order valence-electron chi connectivity index (χ3n) is 6.90. The molecule has 0 saturated heterocycles. The van der Waals surface area contributed by atoms with Crippen LogP contribution >= 0.6 is 0 Å². The molecule has 0 bridgehead atoms. The molecule has 1 unspecified atom stereocenters. The van der Waals surface area contributed by atoms with Crippen LogP contribution in [-0.4, -0.2) is 19.4 Å². The van der Waals surface area contributed by atoms with Crippen LogP contribution in [0.15, 0.2) is 18.2 Å². The quantitative estimate of drug-likeness (QED) is 0.636. The van der Waals surface area contributed by atoms with Crippen molar-refractivity contribution in [2.75, 3.05) is 18.5 Å². The van der Waals surface area contributed by atoms with Crippen molar-refractivity contribution in [3.05, 3.63) is 29.3 Å². The van der Waals surface area contributed by atoms with E-state index in [1.807, 2.05) is 32.2 Å². The maximum Gasteiger partial charge on any atom is 0.133 e. The predicted octanol–water partition coefficient (Wildman–Crippen LogP) is 6.04. The van der Waals surface area contributed by atoms with Crippen molar-refractivity contribution in [1.29, 1.82) is 5.26 Å². The molecular weight excluding hydrogens is 332 g/mol. The van der Waals surface area contributed by atoms with Crippen LogP contribution in [0.2, 0.25) is 0 Å². The van der Waals surface area contributed by atoms with E-state index >= 15 is 0 Å². The molecule has 0 aromatic heterocycles. The lowest BCUT2D eigenvalue weighted by Gasteiger charge is -2.42. The highest BCUT2D eigenvalue weighted by Crippen LogP contribution is 2.66.